The minimum atomic E-state index is 0.319. The Hall–Kier alpha value is -1.07. The molecule has 2 heterocycles. The van der Waals surface area contributed by atoms with Gasteiger partial charge in [-0.1, -0.05) is 0 Å². The number of hydrogen-bond acceptors (Lipinski definition) is 3. The lowest BCUT2D eigenvalue weighted by atomic mass is 10.2. The molecule has 112 valence electrons. The number of aryl methyl sites for hydroxylation is 3. The van der Waals surface area contributed by atoms with Gasteiger partial charge in [0, 0.05) is 38.6 Å². The van der Waals surface area contributed by atoms with Crippen LogP contribution in [0.1, 0.15) is 37.8 Å². The molecule has 0 aromatic carbocycles. The number of fused-ring (bicyclic) bond motifs is 1. The monoisotopic (exact) mass is 298 g/mol. The van der Waals surface area contributed by atoms with Gasteiger partial charge in [0.15, 0.2) is 5.65 Å². The van der Waals surface area contributed by atoms with Crippen molar-refractivity contribution in [2.45, 2.75) is 46.2 Å². The Morgan fingerprint density at radius 3 is 2.75 bits per heavy atom. The van der Waals surface area contributed by atoms with E-state index in [-0.39, 0.29) is 0 Å². The second-order valence-electron chi connectivity index (χ2n) is 5.04. The van der Waals surface area contributed by atoms with Crippen molar-refractivity contribution in [1.82, 2.24) is 19.3 Å². The van der Waals surface area contributed by atoms with Crippen LogP contribution in [0.3, 0.4) is 0 Å². The first kappa shape index (κ1) is 15.3. The van der Waals surface area contributed by atoms with Gasteiger partial charge in [-0.3, -0.25) is 0 Å². The van der Waals surface area contributed by atoms with Gasteiger partial charge in [0.2, 0.25) is 0 Å². The molecule has 5 nitrogen and oxygen atoms in total. The smallest absolute Gasteiger partial charge is 0.159 e. The zero-order valence-electron chi connectivity index (χ0n) is 12.7. The SMILES string of the molecule is CCn1nc(C)c2nc(CCCl)n(C(C)CCOC)c21. The molecule has 2 aromatic rings. The van der Waals surface area contributed by atoms with Crippen LogP contribution < -0.4 is 0 Å². The summed E-state index contributed by atoms with van der Waals surface area (Å²) in [6, 6.07) is 0.319. The highest BCUT2D eigenvalue weighted by Gasteiger charge is 2.21. The van der Waals surface area contributed by atoms with Gasteiger partial charge in [-0.15, -0.1) is 11.6 Å². The van der Waals surface area contributed by atoms with Gasteiger partial charge in [-0.2, -0.15) is 5.10 Å². The molecule has 1 atom stereocenters. The number of ether oxygens (including phenoxy) is 1. The van der Waals surface area contributed by atoms with Crippen molar-refractivity contribution < 1.29 is 4.74 Å². The number of alkyl halides is 1. The highest BCUT2D eigenvalue weighted by molar-refractivity contribution is 6.17. The molecule has 0 radical (unpaired) electrons. The van der Waals surface area contributed by atoms with E-state index in [9.17, 15) is 0 Å². The van der Waals surface area contributed by atoms with E-state index in [0.29, 0.717) is 11.9 Å². The van der Waals surface area contributed by atoms with Crippen LogP contribution in [-0.2, 0) is 17.7 Å². The van der Waals surface area contributed by atoms with Crippen molar-refractivity contribution in [3.63, 3.8) is 0 Å². The molecular formula is C14H23ClN4O. The average Bonchev–Trinajstić information content (AvgIpc) is 2.94. The number of nitrogens with zero attached hydrogens (tertiary/aromatic N) is 4. The van der Waals surface area contributed by atoms with Crippen molar-refractivity contribution in [1.29, 1.82) is 0 Å². The van der Waals surface area contributed by atoms with Crippen LogP contribution in [0.2, 0.25) is 0 Å². The first-order valence-corrected chi connectivity index (χ1v) is 7.66. The topological polar surface area (TPSA) is 44.9 Å². The molecule has 0 saturated carbocycles. The summed E-state index contributed by atoms with van der Waals surface area (Å²) < 4.78 is 9.51. The van der Waals surface area contributed by atoms with Crippen LogP contribution in [0.25, 0.3) is 11.2 Å². The molecule has 0 bridgehead atoms. The normalized spacial score (nSPS) is 13.2. The van der Waals surface area contributed by atoms with Gasteiger partial charge >= 0.3 is 0 Å². The van der Waals surface area contributed by atoms with Crippen molar-refractivity contribution in [3.05, 3.63) is 11.5 Å². The van der Waals surface area contributed by atoms with Crippen LogP contribution >= 0.6 is 11.6 Å². The standard InChI is InChI=1S/C14H23ClN4O/c1-5-18-14-13(11(3)17-18)16-12(6-8-15)19(14)10(2)7-9-20-4/h10H,5-9H2,1-4H3. The number of hydrogen-bond donors (Lipinski definition) is 0. The molecule has 2 rings (SSSR count). The van der Waals surface area contributed by atoms with Crippen LogP contribution in [-0.4, -0.2) is 38.9 Å². The second-order valence-corrected chi connectivity index (χ2v) is 5.42. The third-order valence-electron chi connectivity index (χ3n) is 3.61. The van der Waals surface area contributed by atoms with Crippen molar-refractivity contribution in [2.75, 3.05) is 19.6 Å². The molecule has 0 saturated heterocycles. The van der Waals surface area contributed by atoms with Gasteiger partial charge in [-0.25, -0.2) is 9.67 Å². The molecule has 1 unspecified atom stereocenters. The van der Waals surface area contributed by atoms with Crippen molar-refractivity contribution in [2.24, 2.45) is 0 Å². The summed E-state index contributed by atoms with van der Waals surface area (Å²) in [7, 11) is 1.73. The molecular weight excluding hydrogens is 276 g/mol. The van der Waals surface area contributed by atoms with Gasteiger partial charge < -0.3 is 9.30 Å². The van der Waals surface area contributed by atoms with Crippen molar-refractivity contribution >= 4 is 22.8 Å². The second kappa shape index (κ2) is 6.59. The first-order chi connectivity index (χ1) is 9.63. The van der Waals surface area contributed by atoms with E-state index in [1.54, 1.807) is 7.11 Å². The third kappa shape index (κ3) is 2.69. The number of imidazole rings is 1. The molecule has 0 aliphatic carbocycles. The van der Waals surface area contributed by atoms with Crippen LogP contribution in [0, 0.1) is 6.92 Å². The lowest BCUT2D eigenvalue weighted by molar-refractivity contribution is 0.181. The first-order valence-electron chi connectivity index (χ1n) is 7.13. The fraction of sp³-hybridized carbons (Fsp3) is 0.714. The largest absolute Gasteiger partial charge is 0.385 e. The maximum absolute atomic E-state index is 5.92. The summed E-state index contributed by atoms with van der Waals surface area (Å²) in [5.74, 6) is 1.62. The summed E-state index contributed by atoms with van der Waals surface area (Å²) >= 11 is 5.92. The number of aromatic nitrogens is 4. The van der Waals surface area contributed by atoms with Crippen LogP contribution in [0.4, 0.5) is 0 Å². The van der Waals surface area contributed by atoms with Crippen LogP contribution in [0.5, 0.6) is 0 Å². The Labute approximate surface area is 124 Å². The average molecular weight is 299 g/mol. The van der Waals surface area contributed by atoms with E-state index in [1.165, 1.54) is 0 Å². The Kier molecular flexibility index (Phi) is 5.05. The summed E-state index contributed by atoms with van der Waals surface area (Å²) in [5.41, 5.74) is 3.08. The summed E-state index contributed by atoms with van der Waals surface area (Å²) in [6.07, 6.45) is 1.72. The number of methoxy groups -OCH3 is 1. The summed E-state index contributed by atoms with van der Waals surface area (Å²) in [6.45, 7) is 7.88. The highest BCUT2D eigenvalue weighted by Crippen LogP contribution is 2.26. The Morgan fingerprint density at radius 2 is 2.15 bits per heavy atom. The maximum Gasteiger partial charge on any atom is 0.159 e. The van der Waals surface area contributed by atoms with Gasteiger partial charge in [0.05, 0.1) is 5.69 Å². The molecule has 0 N–H and O–H groups in total. The van der Waals surface area contributed by atoms with E-state index in [4.69, 9.17) is 21.3 Å². The molecule has 0 fully saturated rings. The zero-order valence-corrected chi connectivity index (χ0v) is 13.4. The van der Waals surface area contributed by atoms with Gasteiger partial charge in [0.25, 0.3) is 0 Å². The fourth-order valence-corrected chi connectivity index (χ4v) is 2.77. The summed E-state index contributed by atoms with van der Waals surface area (Å²) in [5, 5.41) is 4.56. The third-order valence-corrected chi connectivity index (χ3v) is 3.80. The lowest BCUT2D eigenvalue weighted by Gasteiger charge is -2.17. The Morgan fingerprint density at radius 1 is 1.40 bits per heavy atom. The molecule has 0 aliphatic heterocycles. The predicted molar refractivity (Wildman–Crippen MR) is 81.6 cm³/mol. The van der Waals surface area contributed by atoms with Crippen molar-refractivity contribution in [3.8, 4) is 0 Å². The quantitative estimate of drug-likeness (QED) is 0.738. The summed E-state index contributed by atoms with van der Waals surface area (Å²) in [4.78, 5) is 4.75. The van der Waals surface area contributed by atoms with E-state index >= 15 is 0 Å². The predicted octanol–water partition coefficient (Wildman–Crippen LogP) is 2.94. The van der Waals surface area contributed by atoms with E-state index in [0.717, 1.165) is 48.7 Å². The van der Waals surface area contributed by atoms with Gasteiger partial charge in [0.1, 0.15) is 11.3 Å². The fourth-order valence-electron chi connectivity index (χ4n) is 2.60. The Balaban J connectivity index is 2.54. The van der Waals surface area contributed by atoms with Crippen LogP contribution in [0.15, 0.2) is 0 Å². The molecule has 0 spiro atoms. The molecule has 0 amide bonds. The lowest BCUT2D eigenvalue weighted by Crippen LogP contribution is -2.15. The Bertz CT molecular complexity index is 575. The van der Waals surface area contributed by atoms with Gasteiger partial charge in [-0.05, 0) is 27.2 Å². The maximum atomic E-state index is 5.92. The molecule has 6 heteroatoms. The minimum absolute atomic E-state index is 0.319. The van der Waals surface area contributed by atoms with E-state index in [1.807, 2.05) is 11.6 Å². The molecule has 20 heavy (non-hydrogen) atoms. The molecule has 0 aliphatic rings. The minimum Gasteiger partial charge on any atom is -0.385 e. The highest BCUT2D eigenvalue weighted by atomic mass is 35.5. The zero-order chi connectivity index (χ0) is 14.7. The molecule has 2 aromatic heterocycles. The number of rotatable bonds is 7. The van der Waals surface area contributed by atoms with E-state index < -0.39 is 0 Å². The van der Waals surface area contributed by atoms with E-state index in [2.05, 4.69) is 23.5 Å². The number of halogens is 1.